The number of sulfonamides is 1. The van der Waals surface area contributed by atoms with Crippen molar-refractivity contribution in [3.05, 3.63) is 24.3 Å². The summed E-state index contributed by atoms with van der Waals surface area (Å²) < 4.78 is 31.3. The van der Waals surface area contributed by atoms with Gasteiger partial charge < -0.3 is 9.84 Å². The van der Waals surface area contributed by atoms with Crippen molar-refractivity contribution in [3.63, 3.8) is 0 Å². The molecule has 6 nitrogen and oxygen atoms in total. The second-order valence-electron chi connectivity index (χ2n) is 4.36. The van der Waals surface area contributed by atoms with Gasteiger partial charge in [-0.25, -0.2) is 8.42 Å². The van der Waals surface area contributed by atoms with Crippen LogP contribution in [0.1, 0.15) is 13.8 Å². The van der Waals surface area contributed by atoms with Crippen molar-refractivity contribution in [3.8, 4) is 5.75 Å². The molecule has 0 bridgehead atoms. The van der Waals surface area contributed by atoms with E-state index < -0.39 is 22.0 Å². The summed E-state index contributed by atoms with van der Waals surface area (Å²) in [5, 5.41) is 9.00. The van der Waals surface area contributed by atoms with Crippen LogP contribution in [0.25, 0.3) is 0 Å². The minimum absolute atomic E-state index is 0.0289. The van der Waals surface area contributed by atoms with E-state index in [9.17, 15) is 13.2 Å². The summed E-state index contributed by atoms with van der Waals surface area (Å²) in [6.45, 7) is 3.26. The zero-order valence-electron chi connectivity index (χ0n) is 11.0. The lowest BCUT2D eigenvalue weighted by Crippen LogP contribution is -2.44. The number of methoxy groups -OCH3 is 1. The van der Waals surface area contributed by atoms with Crippen LogP contribution in [0, 0.1) is 5.92 Å². The Morgan fingerprint density at radius 2 is 2.00 bits per heavy atom. The number of carbonyl (C=O) groups is 1. The van der Waals surface area contributed by atoms with Gasteiger partial charge in [-0.15, -0.1) is 0 Å². The van der Waals surface area contributed by atoms with Crippen LogP contribution in [-0.2, 0) is 14.8 Å². The summed E-state index contributed by atoms with van der Waals surface area (Å²) in [4.78, 5) is 11.0. The Bertz CT molecular complexity index is 553. The van der Waals surface area contributed by atoms with Crippen molar-refractivity contribution in [2.75, 3.05) is 7.11 Å². The van der Waals surface area contributed by atoms with Gasteiger partial charge in [0.25, 0.3) is 0 Å². The third-order valence-electron chi connectivity index (χ3n) is 2.57. The largest absolute Gasteiger partial charge is 0.497 e. The van der Waals surface area contributed by atoms with E-state index in [2.05, 4.69) is 4.72 Å². The molecule has 0 fully saturated rings. The highest BCUT2D eigenvalue weighted by Crippen LogP contribution is 2.18. The van der Waals surface area contributed by atoms with Crippen molar-refractivity contribution in [2.45, 2.75) is 24.8 Å². The Labute approximate surface area is 112 Å². The van der Waals surface area contributed by atoms with E-state index in [4.69, 9.17) is 9.84 Å². The third kappa shape index (κ3) is 3.93. The van der Waals surface area contributed by atoms with E-state index in [1.807, 2.05) is 0 Å². The van der Waals surface area contributed by atoms with Crippen LogP contribution in [0.3, 0.4) is 0 Å². The number of carboxylic acids is 1. The lowest BCUT2D eigenvalue weighted by Gasteiger charge is -2.18. The molecule has 0 amide bonds. The van der Waals surface area contributed by atoms with Crippen molar-refractivity contribution in [2.24, 2.45) is 5.92 Å². The molecule has 0 saturated carbocycles. The van der Waals surface area contributed by atoms with E-state index in [-0.39, 0.29) is 10.8 Å². The number of aliphatic carboxylic acids is 1. The molecule has 7 heteroatoms. The minimum atomic E-state index is -3.89. The molecule has 0 aliphatic rings. The van der Waals surface area contributed by atoms with Crippen molar-refractivity contribution in [1.29, 1.82) is 0 Å². The first-order chi connectivity index (χ1) is 8.77. The Morgan fingerprint density at radius 1 is 1.37 bits per heavy atom. The zero-order valence-corrected chi connectivity index (χ0v) is 11.8. The number of hydrogen-bond acceptors (Lipinski definition) is 4. The van der Waals surface area contributed by atoms with E-state index >= 15 is 0 Å². The molecule has 0 radical (unpaired) electrons. The molecule has 0 saturated heterocycles. The molecule has 19 heavy (non-hydrogen) atoms. The lowest BCUT2D eigenvalue weighted by molar-refractivity contribution is -0.140. The standard InChI is InChI=1S/C12H17NO5S/c1-8(2)11(12(14)15)13-19(16,17)10-6-4-5-9(7-10)18-3/h4-8,11,13H,1-3H3,(H,14,15)/t11-/m1/s1. The minimum Gasteiger partial charge on any atom is -0.497 e. The molecule has 0 heterocycles. The number of benzene rings is 1. The maximum absolute atomic E-state index is 12.1. The number of nitrogens with one attached hydrogen (secondary N) is 1. The van der Waals surface area contributed by atoms with Crippen LogP contribution in [0.2, 0.25) is 0 Å². The molecule has 1 aromatic rings. The molecular weight excluding hydrogens is 270 g/mol. The van der Waals surface area contributed by atoms with Gasteiger partial charge in [0.2, 0.25) is 10.0 Å². The first kappa shape index (κ1) is 15.5. The molecule has 0 unspecified atom stereocenters. The van der Waals surface area contributed by atoms with Gasteiger partial charge in [-0.2, -0.15) is 4.72 Å². The fraction of sp³-hybridized carbons (Fsp3) is 0.417. The Hall–Kier alpha value is -1.60. The molecule has 106 valence electrons. The zero-order chi connectivity index (χ0) is 14.6. The summed E-state index contributed by atoms with van der Waals surface area (Å²) in [6.07, 6.45) is 0. The van der Waals surface area contributed by atoms with Gasteiger partial charge in [-0.3, -0.25) is 4.79 Å². The highest BCUT2D eigenvalue weighted by molar-refractivity contribution is 7.89. The van der Waals surface area contributed by atoms with Gasteiger partial charge in [0.15, 0.2) is 0 Å². The Kier molecular flexibility index (Phi) is 4.90. The quantitative estimate of drug-likeness (QED) is 0.816. The average Bonchev–Trinajstić information content (AvgIpc) is 2.35. The van der Waals surface area contributed by atoms with Crippen LogP contribution in [0.15, 0.2) is 29.2 Å². The maximum atomic E-state index is 12.1. The van der Waals surface area contributed by atoms with Gasteiger partial charge in [-0.05, 0) is 18.1 Å². The topological polar surface area (TPSA) is 92.7 Å². The molecular formula is C12H17NO5S. The number of hydrogen-bond donors (Lipinski definition) is 2. The molecule has 1 atom stereocenters. The highest BCUT2D eigenvalue weighted by Gasteiger charge is 2.28. The summed E-state index contributed by atoms with van der Waals surface area (Å²) in [5.41, 5.74) is 0. The van der Waals surface area contributed by atoms with E-state index in [0.29, 0.717) is 5.75 Å². The SMILES string of the molecule is COc1cccc(S(=O)(=O)N[C@@H](C(=O)O)C(C)C)c1. The Morgan fingerprint density at radius 3 is 2.47 bits per heavy atom. The van der Waals surface area contributed by atoms with Gasteiger partial charge in [0, 0.05) is 6.07 Å². The monoisotopic (exact) mass is 287 g/mol. The maximum Gasteiger partial charge on any atom is 0.322 e. The fourth-order valence-electron chi connectivity index (χ4n) is 1.48. The molecule has 0 aliphatic heterocycles. The molecule has 0 aliphatic carbocycles. The summed E-state index contributed by atoms with van der Waals surface area (Å²) in [7, 11) is -2.47. The molecule has 1 rings (SSSR count). The first-order valence-corrected chi connectivity index (χ1v) is 7.15. The van der Waals surface area contributed by atoms with Crippen LogP contribution in [0.4, 0.5) is 0 Å². The van der Waals surface area contributed by atoms with Crippen molar-refractivity contribution in [1.82, 2.24) is 4.72 Å². The predicted molar refractivity (Wildman–Crippen MR) is 69.6 cm³/mol. The van der Waals surface area contributed by atoms with Gasteiger partial charge in [0.1, 0.15) is 11.8 Å². The molecule has 0 aromatic heterocycles. The number of ether oxygens (including phenoxy) is 1. The van der Waals surface area contributed by atoms with Crippen molar-refractivity contribution < 1.29 is 23.1 Å². The molecule has 1 aromatic carbocycles. The molecule has 0 spiro atoms. The number of rotatable bonds is 6. The smallest absolute Gasteiger partial charge is 0.322 e. The lowest BCUT2D eigenvalue weighted by atomic mass is 10.1. The predicted octanol–water partition coefficient (Wildman–Crippen LogP) is 1.08. The van der Waals surface area contributed by atoms with Crippen LogP contribution >= 0.6 is 0 Å². The molecule has 2 N–H and O–H groups in total. The first-order valence-electron chi connectivity index (χ1n) is 5.67. The van der Waals surface area contributed by atoms with Crippen LogP contribution in [-0.4, -0.2) is 32.6 Å². The summed E-state index contributed by atoms with van der Waals surface area (Å²) in [5.74, 6) is -1.18. The average molecular weight is 287 g/mol. The summed E-state index contributed by atoms with van der Waals surface area (Å²) in [6, 6.07) is 4.68. The summed E-state index contributed by atoms with van der Waals surface area (Å²) >= 11 is 0. The third-order valence-corrected chi connectivity index (χ3v) is 4.01. The fourth-order valence-corrected chi connectivity index (χ4v) is 2.85. The second kappa shape index (κ2) is 6.03. The van der Waals surface area contributed by atoms with Gasteiger partial charge in [0.05, 0.1) is 12.0 Å². The van der Waals surface area contributed by atoms with Crippen LogP contribution < -0.4 is 9.46 Å². The number of carboxylic acid groups (broad SMARTS) is 1. The van der Waals surface area contributed by atoms with E-state index in [1.165, 1.54) is 25.3 Å². The van der Waals surface area contributed by atoms with Gasteiger partial charge in [-0.1, -0.05) is 19.9 Å². The van der Waals surface area contributed by atoms with Gasteiger partial charge >= 0.3 is 5.97 Å². The van der Waals surface area contributed by atoms with E-state index in [0.717, 1.165) is 0 Å². The van der Waals surface area contributed by atoms with Crippen molar-refractivity contribution >= 4 is 16.0 Å². The van der Waals surface area contributed by atoms with E-state index in [1.54, 1.807) is 19.9 Å². The Balaban J connectivity index is 3.06. The second-order valence-corrected chi connectivity index (χ2v) is 6.07. The normalized spacial score (nSPS) is 13.3. The highest BCUT2D eigenvalue weighted by atomic mass is 32.2. The van der Waals surface area contributed by atoms with Crippen LogP contribution in [0.5, 0.6) is 5.75 Å².